The van der Waals surface area contributed by atoms with Gasteiger partial charge >= 0.3 is 0 Å². The zero-order valence-electron chi connectivity index (χ0n) is 10.6. The van der Waals surface area contributed by atoms with Gasteiger partial charge in [0.15, 0.2) is 0 Å². The van der Waals surface area contributed by atoms with Gasteiger partial charge in [0, 0.05) is 31.4 Å². The number of nitrogens with zero attached hydrogens (tertiary/aromatic N) is 1. The van der Waals surface area contributed by atoms with Gasteiger partial charge in [-0.3, -0.25) is 4.79 Å². The molecule has 1 heterocycles. The molecule has 1 fully saturated rings. The first-order valence-electron chi connectivity index (χ1n) is 6.66. The number of aromatic nitrogens is 1. The SMILES string of the molecule is C[C@H](NCCn1ccccc1=O)C1CCCC1. The predicted octanol–water partition coefficient (Wildman–Crippen LogP) is 2.02. The summed E-state index contributed by atoms with van der Waals surface area (Å²) in [5.41, 5.74) is 0.0859. The summed E-state index contributed by atoms with van der Waals surface area (Å²) in [6, 6.07) is 5.88. The number of pyridine rings is 1. The van der Waals surface area contributed by atoms with Gasteiger partial charge in [0.2, 0.25) is 0 Å². The van der Waals surface area contributed by atoms with Crippen molar-refractivity contribution in [2.24, 2.45) is 5.92 Å². The van der Waals surface area contributed by atoms with Crippen molar-refractivity contribution in [2.75, 3.05) is 6.54 Å². The van der Waals surface area contributed by atoms with E-state index in [1.807, 2.05) is 12.3 Å². The highest BCUT2D eigenvalue weighted by Gasteiger charge is 2.20. The average molecular weight is 234 g/mol. The Labute approximate surface area is 103 Å². The van der Waals surface area contributed by atoms with E-state index in [4.69, 9.17) is 0 Å². The van der Waals surface area contributed by atoms with Crippen LogP contribution >= 0.6 is 0 Å². The fourth-order valence-corrected chi connectivity index (χ4v) is 2.68. The molecule has 1 aromatic rings. The van der Waals surface area contributed by atoms with E-state index in [0.717, 1.165) is 19.0 Å². The maximum absolute atomic E-state index is 11.5. The standard InChI is InChI=1S/C14H22N2O/c1-12(13-6-2-3-7-13)15-9-11-16-10-5-4-8-14(16)17/h4-5,8,10,12-13,15H,2-3,6-7,9,11H2,1H3/t12-/m0/s1. The van der Waals surface area contributed by atoms with Gasteiger partial charge in [0.1, 0.15) is 0 Å². The summed E-state index contributed by atoms with van der Waals surface area (Å²) in [5, 5.41) is 3.54. The van der Waals surface area contributed by atoms with Gasteiger partial charge in [-0.25, -0.2) is 0 Å². The molecule has 1 aliphatic rings. The molecule has 0 radical (unpaired) electrons. The lowest BCUT2D eigenvalue weighted by molar-refractivity contribution is 0.374. The van der Waals surface area contributed by atoms with Gasteiger partial charge in [-0.1, -0.05) is 18.9 Å². The topological polar surface area (TPSA) is 34.0 Å². The van der Waals surface area contributed by atoms with Crippen molar-refractivity contribution in [3.8, 4) is 0 Å². The summed E-state index contributed by atoms with van der Waals surface area (Å²) in [5.74, 6) is 0.836. The van der Waals surface area contributed by atoms with Crippen LogP contribution in [0.1, 0.15) is 32.6 Å². The molecule has 3 heteroatoms. The van der Waals surface area contributed by atoms with E-state index in [1.165, 1.54) is 25.7 Å². The van der Waals surface area contributed by atoms with Gasteiger partial charge in [-0.2, -0.15) is 0 Å². The van der Waals surface area contributed by atoms with Crippen molar-refractivity contribution >= 4 is 0 Å². The van der Waals surface area contributed by atoms with Gasteiger partial charge in [-0.05, 0) is 31.7 Å². The van der Waals surface area contributed by atoms with Crippen molar-refractivity contribution in [3.05, 3.63) is 34.7 Å². The molecule has 0 aliphatic heterocycles. The van der Waals surface area contributed by atoms with Gasteiger partial charge in [0.05, 0.1) is 0 Å². The first-order chi connectivity index (χ1) is 8.27. The van der Waals surface area contributed by atoms with Crippen LogP contribution < -0.4 is 10.9 Å². The van der Waals surface area contributed by atoms with Crippen LogP contribution in [0.25, 0.3) is 0 Å². The highest BCUT2D eigenvalue weighted by molar-refractivity contribution is 4.93. The van der Waals surface area contributed by atoms with Crippen LogP contribution in [-0.4, -0.2) is 17.2 Å². The first-order valence-corrected chi connectivity index (χ1v) is 6.66. The molecule has 1 aromatic heterocycles. The normalized spacial score (nSPS) is 18.4. The Balaban J connectivity index is 1.76. The van der Waals surface area contributed by atoms with Crippen LogP contribution in [0, 0.1) is 5.92 Å². The number of nitrogens with one attached hydrogen (secondary N) is 1. The Hall–Kier alpha value is -1.09. The molecule has 17 heavy (non-hydrogen) atoms. The van der Waals surface area contributed by atoms with Crippen LogP contribution in [0.2, 0.25) is 0 Å². The fraction of sp³-hybridized carbons (Fsp3) is 0.643. The van der Waals surface area contributed by atoms with Crippen molar-refractivity contribution < 1.29 is 0 Å². The first kappa shape index (κ1) is 12.4. The molecular weight excluding hydrogens is 212 g/mol. The van der Waals surface area contributed by atoms with Crippen LogP contribution in [0.4, 0.5) is 0 Å². The van der Waals surface area contributed by atoms with Crippen LogP contribution in [0.15, 0.2) is 29.2 Å². The molecular formula is C14H22N2O. The molecule has 0 aromatic carbocycles. The quantitative estimate of drug-likeness (QED) is 0.845. The largest absolute Gasteiger partial charge is 0.314 e. The second-order valence-corrected chi connectivity index (χ2v) is 5.02. The highest BCUT2D eigenvalue weighted by atomic mass is 16.1. The maximum Gasteiger partial charge on any atom is 0.250 e. The monoisotopic (exact) mass is 234 g/mol. The van der Waals surface area contributed by atoms with Crippen molar-refractivity contribution in [1.82, 2.24) is 9.88 Å². The van der Waals surface area contributed by atoms with E-state index in [-0.39, 0.29) is 5.56 Å². The minimum absolute atomic E-state index is 0.0859. The van der Waals surface area contributed by atoms with Crippen LogP contribution in [0.3, 0.4) is 0 Å². The third-order valence-corrected chi connectivity index (χ3v) is 3.82. The number of rotatable bonds is 5. The van der Waals surface area contributed by atoms with Gasteiger partial charge in [0.25, 0.3) is 5.56 Å². The third-order valence-electron chi connectivity index (χ3n) is 3.82. The molecule has 2 rings (SSSR count). The summed E-state index contributed by atoms with van der Waals surface area (Å²) in [6.45, 7) is 3.90. The van der Waals surface area contributed by atoms with E-state index in [0.29, 0.717) is 6.04 Å². The Morgan fingerprint density at radius 3 is 2.88 bits per heavy atom. The number of hydrogen-bond acceptors (Lipinski definition) is 2. The summed E-state index contributed by atoms with van der Waals surface area (Å²) in [7, 11) is 0. The van der Waals surface area contributed by atoms with Crippen LogP contribution in [0.5, 0.6) is 0 Å². The van der Waals surface area contributed by atoms with E-state index in [2.05, 4.69) is 12.2 Å². The van der Waals surface area contributed by atoms with Gasteiger partial charge < -0.3 is 9.88 Å². The second-order valence-electron chi connectivity index (χ2n) is 5.02. The smallest absolute Gasteiger partial charge is 0.250 e. The summed E-state index contributed by atoms with van der Waals surface area (Å²) < 4.78 is 1.76. The molecule has 0 amide bonds. The highest BCUT2D eigenvalue weighted by Crippen LogP contribution is 2.27. The molecule has 1 atom stereocenters. The lowest BCUT2D eigenvalue weighted by Crippen LogP contribution is -2.35. The fourth-order valence-electron chi connectivity index (χ4n) is 2.68. The molecule has 0 saturated heterocycles. The minimum Gasteiger partial charge on any atom is -0.314 e. The molecule has 3 nitrogen and oxygen atoms in total. The van der Waals surface area contributed by atoms with Crippen molar-refractivity contribution in [2.45, 2.75) is 45.2 Å². The zero-order valence-corrected chi connectivity index (χ0v) is 10.6. The Morgan fingerprint density at radius 1 is 1.41 bits per heavy atom. The minimum atomic E-state index is 0.0859. The maximum atomic E-state index is 11.5. The Morgan fingerprint density at radius 2 is 2.18 bits per heavy atom. The summed E-state index contributed by atoms with van der Waals surface area (Å²) in [4.78, 5) is 11.5. The molecule has 1 aliphatic carbocycles. The second kappa shape index (κ2) is 6.01. The molecule has 94 valence electrons. The Kier molecular flexibility index (Phi) is 4.37. The number of hydrogen-bond donors (Lipinski definition) is 1. The van der Waals surface area contributed by atoms with Crippen LogP contribution in [-0.2, 0) is 6.54 Å². The lowest BCUT2D eigenvalue weighted by Gasteiger charge is -2.20. The lowest BCUT2D eigenvalue weighted by atomic mass is 10.00. The summed E-state index contributed by atoms with van der Waals surface area (Å²) >= 11 is 0. The van der Waals surface area contributed by atoms with Gasteiger partial charge in [-0.15, -0.1) is 0 Å². The third kappa shape index (κ3) is 3.43. The van der Waals surface area contributed by atoms with Crippen molar-refractivity contribution in [3.63, 3.8) is 0 Å². The molecule has 0 bridgehead atoms. The average Bonchev–Trinajstić information content (AvgIpc) is 2.85. The van der Waals surface area contributed by atoms with E-state index >= 15 is 0 Å². The molecule has 1 saturated carbocycles. The Bertz CT molecular complexity index is 393. The summed E-state index contributed by atoms with van der Waals surface area (Å²) in [6.07, 6.45) is 7.34. The molecule has 1 N–H and O–H groups in total. The molecule has 0 unspecified atom stereocenters. The zero-order chi connectivity index (χ0) is 12.1. The predicted molar refractivity (Wildman–Crippen MR) is 70.1 cm³/mol. The van der Waals surface area contributed by atoms with E-state index in [1.54, 1.807) is 16.7 Å². The van der Waals surface area contributed by atoms with E-state index < -0.39 is 0 Å². The van der Waals surface area contributed by atoms with E-state index in [9.17, 15) is 4.79 Å². The van der Waals surface area contributed by atoms with Crippen molar-refractivity contribution in [1.29, 1.82) is 0 Å². The molecule has 0 spiro atoms.